The first kappa shape index (κ1) is 24.2. The molecule has 0 aliphatic rings. The third-order valence-electron chi connectivity index (χ3n) is 4.12. The Morgan fingerprint density at radius 2 is 1.43 bits per heavy atom. The molecule has 0 unspecified atom stereocenters. The molecule has 1 aromatic heterocycles. The molecular formula is C24H26N2O4. The summed E-state index contributed by atoms with van der Waals surface area (Å²) in [4.78, 5) is 22.7. The van der Waals surface area contributed by atoms with Crippen molar-refractivity contribution in [2.24, 2.45) is 7.05 Å². The molecule has 156 valence electrons. The first-order valence-electron chi connectivity index (χ1n) is 9.69. The molecule has 1 heterocycles. The van der Waals surface area contributed by atoms with Gasteiger partial charge < -0.3 is 14.8 Å². The number of carboxylic acids is 2. The van der Waals surface area contributed by atoms with E-state index in [0.29, 0.717) is 11.1 Å². The summed E-state index contributed by atoms with van der Waals surface area (Å²) in [5.41, 5.74) is 3.03. The normalized spacial score (nSPS) is 9.33. The predicted molar refractivity (Wildman–Crippen MR) is 118 cm³/mol. The molecule has 30 heavy (non-hydrogen) atoms. The lowest BCUT2D eigenvalue weighted by Crippen LogP contribution is -2.05. The highest BCUT2D eigenvalue weighted by molar-refractivity contribution is 5.97. The fraction of sp³-hybridized carbons (Fsp3) is 0.208. The Hall–Kier alpha value is -3.85. The Morgan fingerprint density at radius 1 is 0.867 bits per heavy atom. The lowest BCUT2D eigenvalue weighted by molar-refractivity contribution is 0.0680. The molecule has 0 atom stereocenters. The van der Waals surface area contributed by atoms with Gasteiger partial charge in [0, 0.05) is 18.8 Å². The van der Waals surface area contributed by atoms with Gasteiger partial charge in [-0.15, -0.1) is 0 Å². The van der Waals surface area contributed by atoms with Gasteiger partial charge in [0.1, 0.15) is 11.8 Å². The van der Waals surface area contributed by atoms with Crippen molar-refractivity contribution in [3.8, 4) is 28.3 Å². The van der Waals surface area contributed by atoms with Gasteiger partial charge in [-0.2, -0.15) is 5.26 Å². The molecule has 6 nitrogen and oxygen atoms in total. The Bertz CT molecular complexity index is 1060. The maximum atomic E-state index is 11.5. The number of hydrogen-bond acceptors (Lipinski definition) is 3. The van der Waals surface area contributed by atoms with Crippen molar-refractivity contribution in [2.75, 3.05) is 0 Å². The van der Waals surface area contributed by atoms with Gasteiger partial charge in [-0.25, -0.2) is 9.59 Å². The van der Waals surface area contributed by atoms with E-state index in [1.165, 1.54) is 16.8 Å². The van der Waals surface area contributed by atoms with Crippen molar-refractivity contribution in [1.82, 2.24) is 4.57 Å². The number of rotatable bonds is 4. The summed E-state index contributed by atoms with van der Waals surface area (Å²) in [6, 6.07) is 15.6. The quantitative estimate of drug-likeness (QED) is 0.580. The van der Waals surface area contributed by atoms with Crippen molar-refractivity contribution < 1.29 is 19.8 Å². The van der Waals surface area contributed by atoms with Gasteiger partial charge in [-0.1, -0.05) is 64.1 Å². The van der Waals surface area contributed by atoms with E-state index in [9.17, 15) is 20.0 Å². The van der Waals surface area contributed by atoms with Crippen molar-refractivity contribution in [2.45, 2.75) is 27.7 Å². The minimum absolute atomic E-state index is 0.0437. The molecule has 0 radical (unpaired) electrons. The van der Waals surface area contributed by atoms with Gasteiger partial charge in [-0.05, 0) is 28.8 Å². The van der Waals surface area contributed by atoms with Gasteiger partial charge in [-0.3, -0.25) is 0 Å². The monoisotopic (exact) mass is 406 g/mol. The van der Waals surface area contributed by atoms with Gasteiger partial charge in [0.2, 0.25) is 0 Å². The van der Waals surface area contributed by atoms with Gasteiger partial charge in [0.15, 0.2) is 0 Å². The molecule has 3 rings (SSSR count). The molecule has 0 saturated carbocycles. The Labute approximate surface area is 176 Å². The molecule has 0 saturated heterocycles. The van der Waals surface area contributed by atoms with Crippen LogP contribution >= 0.6 is 0 Å². The number of benzene rings is 2. The van der Waals surface area contributed by atoms with E-state index >= 15 is 0 Å². The maximum Gasteiger partial charge on any atom is 0.353 e. The van der Waals surface area contributed by atoms with Crippen LogP contribution in [0.25, 0.3) is 22.3 Å². The fourth-order valence-electron chi connectivity index (χ4n) is 2.92. The number of carbonyl (C=O) groups is 2. The van der Waals surface area contributed by atoms with Crippen LogP contribution in [-0.2, 0) is 7.05 Å². The zero-order valence-corrected chi connectivity index (χ0v) is 17.8. The fourth-order valence-corrected chi connectivity index (χ4v) is 2.92. The summed E-state index contributed by atoms with van der Waals surface area (Å²) < 4.78 is 1.42. The number of aromatic nitrogens is 1. The van der Waals surface area contributed by atoms with Crippen LogP contribution in [0.1, 0.15) is 54.1 Å². The van der Waals surface area contributed by atoms with E-state index in [-0.39, 0.29) is 16.8 Å². The third kappa shape index (κ3) is 5.15. The lowest BCUT2D eigenvalue weighted by Gasteiger charge is -2.07. The van der Waals surface area contributed by atoms with Gasteiger partial charge in [0.25, 0.3) is 0 Å². The van der Waals surface area contributed by atoms with Crippen LogP contribution in [0.5, 0.6) is 0 Å². The van der Waals surface area contributed by atoms with Crippen LogP contribution in [0.15, 0.2) is 54.7 Å². The molecule has 0 fully saturated rings. The number of nitriles is 1. The van der Waals surface area contributed by atoms with E-state index in [4.69, 9.17) is 5.11 Å². The zero-order chi connectivity index (χ0) is 22.8. The first-order valence-corrected chi connectivity index (χ1v) is 9.69. The third-order valence-corrected chi connectivity index (χ3v) is 4.12. The van der Waals surface area contributed by atoms with Crippen molar-refractivity contribution in [3.63, 3.8) is 0 Å². The molecule has 6 heteroatoms. The minimum Gasteiger partial charge on any atom is -0.478 e. The van der Waals surface area contributed by atoms with Crippen molar-refractivity contribution in [1.29, 1.82) is 5.26 Å². The Kier molecular flexibility index (Phi) is 9.05. The average molecular weight is 406 g/mol. The standard InChI is InChI=1S/C20H14N2O4.2C2H6/c1-22-11-16(10-21)17(18(22)20(25)26)13-7-5-12(6-8-13)14-3-2-4-15(9-14)19(23)24;2*1-2/h2-9,11H,1H3,(H,23,24)(H,25,26);2*1-2H3. The Morgan fingerprint density at radius 3 is 1.93 bits per heavy atom. The summed E-state index contributed by atoms with van der Waals surface area (Å²) in [6.07, 6.45) is 1.49. The number of nitrogens with zero attached hydrogens (tertiary/aromatic N) is 2. The number of hydrogen-bond donors (Lipinski definition) is 2. The van der Waals surface area contributed by atoms with Gasteiger partial charge >= 0.3 is 11.9 Å². The molecule has 2 aromatic carbocycles. The molecular weight excluding hydrogens is 380 g/mol. The zero-order valence-electron chi connectivity index (χ0n) is 17.8. The average Bonchev–Trinajstić information content (AvgIpc) is 3.13. The van der Waals surface area contributed by atoms with Crippen molar-refractivity contribution >= 4 is 11.9 Å². The number of aryl methyl sites for hydroxylation is 1. The highest BCUT2D eigenvalue weighted by atomic mass is 16.4. The summed E-state index contributed by atoms with van der Waals surface area (Å²) in [6.45, 7) is 8.00. The highest BCUT2D eigenvalue weighted by Crippen LogP contribution is 2.31. The molecule has 0 bridgehead atoms. The second-order valence-electron chi connectivity index (χ2n) is 5.76. The highest BCUT2D eigenvalue weighted by Gasteiger charge is 2.21. The van der Waals surface area contributed by atoms with Crippen LogP contribution in [0, 0.1) is 11.3 Å². The molecule has 0 aliphatic heterocycles. The van der Waals surface area contributed by atoms with E-state index in [1.807, 2.05) is 33.8 Å². The second kappa shape index (κ2) is 11.2. The number of carboxylic acid groups (broad SMARTS) is 2. The van der Waals surface area contributed by atoms with Crippen LogP contribution in [-0.4, -0.2) is 26.7 Å². The van der Waals surface area contributed by atoms with Crippen LogP contribution in [0.4, 0.5) is 0 Å². The summed E-state index contributed by atoms with van der Waals surface area (Å²) in [5.74, 6) is -2.11. The van der Waals surface area contributed by atoms with E-state index in [1.54, 1.807) is 49.5 Å². The molecule has 0 amide bonds. The summed E-state index contributed by atoms with van der Waals surface area (Å²) >= 11 is 0. The number of aromatic carboxylic acids is 2. The summed E-state index contributed by atoms with van der Waals surface area (Å²) in [7, 11) is 1.58. The van der Waals surface area contributed by atoms with Crippen LogP contribution in [0.3, 0.4) is 0 Å². The van der Waals surface area contributed by atoms with E-state index in [2.05, 4.69) is 0 Å². The predicted octanol–water partition coefficient (Wildman–Crippen LogP) is 5.68. The van der Waals surface area contributed by atoms with Crippen LogP contribution < -0.4 is 0 Å². The molecule has 3 aromatic rings. The Balaban J connectivity index is 0.00000106. The molecule has 2 N–H and O–H groups in total. The second-order valence-corrected chi connectivity index (χ2v) is 5.76. The summed E-state index contributed by atoms with van der Waals surface area (Å²) in [5, 5.41) is 27.9. The van der Waals surface area contributed by atoms with Gasteiger partial charge in [0.05, 0.1) is 11.1 Å². The van der Waals surface area contributed by atoms with Crippen LogP contribution in [0.2, 0.25) is 0 Å². The topological polar surface area (TPSA) is 103 Å². The SMILES string of the molecule is CC.CC.Cn1cc(C#N)c(-c2ccc(-c3cccc(C(=O)O)c3)cc2)c1C(=O)O. The smallest absolute Gasteiger partial charge is 0.353 e. The van der Waals surface area contributed by atoms with Crippen molar-refractivity contribution in [3.05, 3.63) is 71.5 Å². The molecule has 0 spiro atoms. The lowest BCUT2D eigenvalue weighted by atomic mass is 9.97. The van der Waals surface area contributed by atoms with E-state index in [0.717, 1.165) is 11.1 Å². The largest absolute Gasteiger partial charge is 0.478 e. The first-order chi connectivity index (χ1) is 14.4. The molecule has 0 aliphatic carbocycles. The van der Waals surface area contributed by atoms with E-state index < -0.39 is 11.9 Å². The minimum atomic E-state index is -1.11. The maximum absolute atomic E-state index is 11.5.